The Morgan fingerprint density at radius 1 is 1.03 bits per heavy atom. The second-order valence-corrected chi connectivity index (χ2v) is 8.72. The van der Waals surface area contributed by atoms with Crippen LogP contribution in [0.2, 0.25) is 0 Å². The topological polar surface area (TPSA) is 106 Å². The largest absolute Gasteiger partial charge is 0.492 e. The van der Waals surface area contributed by atoms with Crippen LogP contribution in [0.5, 0.6) is 5.75 Å². The molecule has 0 aliphatic heterocycles. The van der Waals surface area contributed by atoms with Crippen LogP contribution in [0.15, 0.2) is 65.8 Å². The Bertz CT molecular complexity index is 1260. The van der Waals surface area contributed by atoms with Gasteiger partial charge in [-0.25, -0.2) is 8.42 Å². The summed E-state index contributed by atoms with van der Waals surface area (Å²) in [4.78, 5) is 4.07. The van der Waals surface area contributed by atoms with E-state index in [2.05, 4.69) is 23.8 Å². The zero-order valence-corrected chi connectivity index (χ0v) is 17.7. The lowest BCUT2D eigenvalue weighted by Crippen LogP contribution is -2.14. The monoisotopic (exact) mass is 441 g/mol. The highest BCUT2D eigenvalue weighted by Crippen LogP contribution is 2.26. The molecule has 154 valence electrons. The highest BCUT2D eigenvalue weighted by Gasteiger charge is 2.20. The summed E-state index contributed by atoms with van der Waals surface area (Å²) in [5.74, 6) is 0.581. The van der Waals surface area contributed by atoms with E-state index in [9.17, 15) is 8.42 Å². The SMILES string of the molecule is Cc1cc(NS(=O)(=O)c2cccc3nsnc23)cc(OCCNc2ccncc2)c1. The Hall–Kier alpha value is -3.24. The number of aromatic nitrogens is 3. The molecule has 2 aromatic heterocycles. The van der Waals surface area contributed by atoms with Gasteiger partial charge in [0.05, 0.1) is 17.4 Å². The standard InChI is InChI=1S/C20H19N5O3S2/c1-14-11-16(13-17(12-14)28-10-9-22-15-5-7-21-8-6-15)25-30(26,27)19-4-2-3-18-20(19)24-29-23-18/h2-8,11-13,25H,9-10H2,1H3,(H,21,22). The van der Waals surface area contributed by atoms with E-state index in [0.29, 0.717) is 35.6 Å². The first-order valence-corrected chi connectivity index (χ1v) is 11.4. The third-order valence-electron chi connectivity index (χ3n) is 4.22. The number of sulfonamides is 1. The molecule has 0 spiro atoms. The van der Waals surface area contributed by atoms with Gasteiger partial charge in [-0.3, -0.25) is 9.71 Å². The first-order valence-electron chi connectivity index (χ1n) is 9.14. The van der Waals surface area contributed by atoms with Crippen molar-refractivity contribution in [3.05, 3.63) is 66.5 Å². The Balaban J connectivity index is 1.45. The van der Waals surface area contributed by atoms with Crippen LogP contribution in [-0.2, 0) is 10.0 Å². The summed E-state index contributed by atoms with van der Waals surface area (Å²) in [6.45, 7) is 2.89. The van der Waals surface area contributed by atoms with Crippen molar-refractivity contribution in [1.29, 1.82) is 0 Å². The van der Waals surface area contributed by atoms with Crippen molar-refractivity contribution in [3.8, 4) is 5.75 Å². The molecule has 2 N–H and O–H groups in total. The number of benzene rings is 2. The summed E-state index contributed by atoms with van der Waals surface area (Å²) >= 11 is 0.982. The Morgan fingerprint density at radius 3 is 2.70 bits per heavy atom. The van der Waals surface area contributed by atoms with Gasteiger partial charge in [0, 0.05) is 30.7 Å². The number of fused-ring (bicyclic) bond motifs is 1. The van der Waals surface area contributed by atoms with Gasteiger partial charge in [0.25, 0.3) is 10.0 Å². The van der Waals surface area contributed by atoms with Gasteiger partial charge in [0.15, 0.2) is 0 Å². The molecular formula is C20H19N5O3S2. The molecule has 30 heavy (non-hydrogen) atoms. The molecule has 4 aromatic rings. The fraction of sp³-hybridized carbons (Fsp3) is 0.150. The number of nitrogens with zero attached hydrogens (tertiary/aromatic N) is 3. The van der Waals surface area contributed by atoms with Crippen molar-refractivity contribution >= 4 is 44.2 Å². The molecule has 0 amide bonds. The average molecular weight is 442 g/mol. The fourth-order valence-electron chi connectivity index (χ4n) is 2.93. The Kier molecular flexibility index (Phi) is 5.77. The number of hydrogen-bond acceptors (Lipinski definition) is 8. The normalized spacial score (nSPS) is 11.4. The molecule has 0 bridgehead atoms. The maximum atomic E-state index is 12.9. The van der Waals surface area contributed by atoms with Crippen LogP contribution in [0.25, 0.3) is 11.0 Å². The zero-order chi connectivity index (χ0) is 21.0. The van der Waals surface area contributed by atoms with E-state index in [4.69, 9.17) is 4.74 Å². The quantitative estimate of drug-likeness (QED) is 0.402. The molecule has 10 heteroatoms. The van der Waals surface area contributed by atoms with Crippen LogP contribution in [0.4, 0.5) is 11.4 Å². The molecule has 4 rings (SSSR count). The number of ether oxygens (including phenoxy) is 1. The smallest absolute Gasteiger partial charge is 0.264 e. The van der Waals surface area contributed by atoms with Gasteiger partial charge in [-0.15, -0.1) is 0 Å². The predicted molar refractivity (Wildman–Crippen MR) is 118 cm³/mol. The zero-order valence-electron chi connectivity index (χ0n) is 16.1. The van der Waals surface area contributed by atoms with Crippen LogP contribution in [0.1, 0.15) is 5.56 Å². The van der Waals surface area contributed by atoms with Crippen molar-refractivity contribution in [2.75, 3.05) is 23.2 Å². The molecule has 2 heterocycles. The third kappa shape index (κ3) is 4.66. The molecule has 0 aliphatic carbocycles. The summed E-state index contributed by atoms with van der Waals surface area (Å²) in [6, 6.07) is 13.9. The highest BCUT2D eigenvalue weighted by molar-refractivity contribution is 7.93. The lowest BCUT2D eigenvalue weighted by molar-refractivity contribution is 0.333. The Labute approximate surface area is 178 Å². The van der Waals surface area contributed by atoms with Crippen molar-refractivity contribution in [2.24, 2.45) is 0 Å². The minimum atomic E-state index is -3.82. The van der Waals surface area contributed by atoms with Gasteiger partial charge < -0.3 is 10.1 Å². The molecule has 0 unspecified atom stereocenters. The third-order valence-corrected chi connectivity index (χ3v) is 6.18. The maximum absolute atomic E-state index is 12.9. The van der Waals surface area contributed by atoms with Crippen molar-refractivity contribution in [2.45, 2.75) is 11.8 Å². The minimum Gasteiger partial charge on any atom is -0.492 e. The van der Waals surface area contributed by atoms with E-state index < -0.39 is 10.0 Å². The van der Waals surface area contributed by atoms with Crippen LogP contribution < -0.4 is 14.8 Å². The number of rotatable bonds is 8. The maximum Gasteiger partial charge on any atom is 0.264 e. The van der Waals surface area contributed by atoms with Crippen molar-refractivity contribution in [1.82, 2.24) is 13.7 Å². The van der Waals surface area contributed by atoms with Crippen LogP contribution >= 0.6 is 11.7 Å². The molecule has 0 radical (unpaired) electrons. The van der Waals surface area contributed by atoms with Gasteiger partial charge in [-0.1, -0.05) is 6.07 Å². The number of pyridine rings is 1. The van der Waals surface area contributed by atoms with E-state index in [1.807, 2.05) is 25.1 Å². The van der Waals surface area contributed by atoms with Gasteiger partial charge >= 0.3 is 0 Å². The fourth-order valence-corrected chi connectivity index (χ4v) is 4.74. The van der Waals surface area contributed by atoms with Gasteiger partial charge in [-0.05, 0) is 48.9 Å². The van der Waals surface area contributed by atoms with E-state index in [-0.39, 0.29) is 4.90 Å². The molecule has 0 atom stereocenters. The highest BCUT2D eigenvalue weighted by atomic mass is 32.2. The molecule has 0 saturated carbocycles. The minimum absolute atomic E-state index is 0.0966. The average Bonchev–Trinajstić information content (AvgIpc) is 3.20. The first-order chi connectivity index (χ1) is 14.5. The number of nitrogens with one attached hydrogen (secondary N) is 2. The molecule has 0 aliphatic rings. The van der Waals surface area contributed by atoms with Gasteiger partial charge in [0.2, 0.25) is 0 Å². The van der Waals surface area contributed by atoms with E-state index in [1.54, 1.807) is 36.7 Å². The van der Waals surface area contributed by atoms with E-state index in [1.165, 1.54) is 6.07 Å². The number of hydrogen-bond donors (Lipinski definition) is 2. The second-order valence-electron chi connectivity index (χ2n) is 6.54. The molecule has 0 saturated heterocycles. The summed E-state index contributed by atoms with van der Waals surface area (Å²) in [7, 11) is -3.82. The summed E-state index contributed by atoms with van der Waals surface area (Å²) < 4.78 is 42.5. The van der Waals surface area contributed by atoms with Crippen molar-refractivity contribution < 1.29 is 13.2 Å². The first kappa shape index (κ1) is 20.0. The van der Waals surface area contributed by atoms with E-state index >= 15 is 0 Å². The van der Waals surface area contributed by atoms with Gasteiger partial charge in [0.1, 0.15) is 28.3 Å². The number of aryl methyl sites for hydroxylation is 1. The molecule has 2 aromatic carbocycles. The number of anilines is 2. The van der Waals surface area contributed by atoms with Crippen LogP contribution in [0.3, 0.4) is 0 Å². The van der Waals surface area contributed by atoms with Crippen LogP contribution in [0, 0.1) is 6.92 Å². The molecule has 0 fully saturated rings. The summed E-state index contributed by atoms with van der Waals surface area (Å²) in [5.41, 5.74) is 3.17. The predicted octanol–water partition coefficient (Wildman–Crippen LogP) is 3.69. The summed E-state index contributed by atoms with van der Waals surface area (Å²) in [5, 5.41) is 3.23. The second kappa shape index (κ2) is 8.64. The summed E-state index contributed by atoms with van der Waals surface area (Å²) in [6.07, 6.45) is 3.43. The van der Waals surface area contributed by atoms with Crippen molar-refractivity contribution in [3.63, 3.8) is 0 Å². The Morgan fingerprint density at radius 2 is 1.87 bits per heavy atom. The molecular weight excluding hydrogens is 422 g/mol. The lowest BCUT2D eigenvalue weighted by atomic mass is 10.2. The van der Waals surface area contributed by atoms with E-state index in [0.717, 1.165) is 23.0 Å². The lowest BCUT2D eigenvalue weighted by Gasteiger charge is -2.13. The van der Waals surface area contributed by atoms with Gasteiger partial charge in [-0.2, -0.15) is 8.75 Å². The molecule has 8 nitrogen and oxygen atoms in total. The van der Waals surface area contributed by atoms with Crippen LogP contribution in [-0.4, -0.2) is 35.3 Å².